The van der Waals surface area contributed by atoms with Gasteiger partial charge in [-0.25, -0.2) is 4.98 Å². The number of aromatic nitrogens is 1. The molecule has 0 fully saturated rings. The first-order chi connectivity index (χ1) is 12.6. The maximum Gasteiger partial charge on any atom is 0.193 e. The van der Waals surface area contributed by atoms with Gasteiger partial charge in [-0.05, 0) is 49.4 Å². The molecule has 3 rings (SSSR count). The Kier molecular flexibility index (Phi) is 6.14. The molecule has 0 atom stereocenters. The molecule has 26 heavy (non-hydrogen) atoms. The zero-order valence-electron chi connectivity index (χ0n) is 14.0. The van der Waals surface area contributed by atoms with Crippen molar-refractivity contribution in [1.82, 2.24) is 4.98 Å². The van der Waals surface area contributed by atoms with Gasteiger partial charge in [0.05, 0.1) is 23.9 Å². The lowest BCUT2D eigenvalue weighted by atomic mass is 10.0. The first kappa shape index (κ1) is 18.7. The van der Waals surface area contributed by atoms with Crippen LogP contribution in [0.4, 0.5) is 5.69 Å². The highest BCUT2D eigenvalue weighted by molar-refractivity contribution is 7.15. The molecular weight excluding hydrogens is 391 g/mol. The Morgan fingerprint density at radius 1 is 1.15 bits per heavy atom. The van der Waals surface area contributed by atoms with Crippen molar-refractivity contribution in [2.24, 2.45) is 0 Å². The number of thiazole rings is 1. The van der Waals surface area contributed by atoms with Gasteiger partial charge in [0.1, 0.15) is 5.75 Å². The van der Waals surface area contributed by atoms with E-state index in [1.54, 1.807) is 48.7 Å². The summed E-state index contributed by atoms with van der Waals surface area (Å²) in [5.74, 6) is 0.666. The number of nitrogens with one attached hydrogen (secondary N) is 1. The molecule has 1 aromatic heterocycles. The quantitative estimate of drug-likeness (QED) is 0.511. The van der Waals surface area contributed by atoms with Gasteiger partial charge < -0.3 is 10.1 Å². The molecule has 0 radical (unpaired) electrons. The minimum atomic E-state index is -0.0754. The van der Waals surface area contributed by atoms with Crippen molar-refractivity contribution in [1.29, 1.82) is 0 Å². The Labute approximate surface area is 165 Å². The van der Waals surface area contributed by atoms with Gasteiger partial charge in [0.15, 0.2) is 10.3 Å². The third kappa shape index (κ3) is 4.55. The molecule has 0 amide bonds. The van der Waals surface area contributed by atoms with E-state index in [9.17, 15) is 4.79 Å². The molecule has 0 spiro atoms. The number of carbonyl (C=O) groups is 1. The summed E-state index contributed by atoms with van der Waals surface area (Å²) in [5, 5.41) is 3.77. The fraction of sp³-hybridized carbons (Fsp3) is 0.158. The first-order valence-corrected chi connectivity index (χ1v) is 9.55. The van der Waals surface area contributed by atoms with Gasteiger partial charge >= 0.3 is 0 Å². The molecule has 0 aliphatic carbocycles. The molecule has 0 aliphatic rings. The maximum absolute atomic E-state index is 12.7. The van der Waals surface area contributed by atoms with Crippen LogP contribution in [0.5, 0.6) is 5.75 Å². The summed E-state index contributed by atoms with van der Waals surface area (Å²) in [5.41, 5.74) is 1.84. The van der Waals surface area contributed by atoms with E-state index in [4.69, 9.17) is 27.9 Å². The fourth-order valence-electron chi connectivity index (χ4n) is 2.39. The lowest BCUT2D eigenvalue weighted by molar-refractivity contribution is 0.103. The Balaban J connectivity index is 1.76. The van der Waals surface area contributed by atoms with E-state index in [0.717, 1.165) is 10.6 Å². The van der Waals surface area contributed by atoms with Crippen LogP contribution in [-0.4, -0.2) is 17.4 Å². The number of benzene rings is 2. The molecule has 0 saturated heterocycles. The van der Waals surface area contributed by atoms with Crippen LogP contribution in [0.15, 0.2) is 48.7 Å². The monoisotopic (exact) mass is 406 g/mol. The van der Waals surface area contributed by atoms with Crippen molar-refractivity contribution in [3.8, 4) is 5.75 Å². The molecule has 134 valence electrons. The molecule has 7 heteroatoms. The second kappa shape index (κ2) is 8.54. The predicted molar refractivity (Wildman–Crippen MR) is 107 cm³/mol. The smallest absolute Gasteiger partial charge is 0.193 e. The molecule has 2 aromatic carbocycles. The second-order valence-corrected chi connectivity index (χ2v) is 7.52. The summed E-state index contributed by atoms with van der Waals surface area (Å²) in [6, 6.07) is 12.3. The van der Waals surface area contributed by atoms with E-state index in [1.165, 1.54) is 11.3 Å². The molecular formula is C19H16Cl2N2O2S. The molecule has 0 saturated carbocycles. The Morgan fingerprint density at radius 2 is 1.88 bits per heavy atom. The van der Waals surface area contributed by atoms with E-state index >= 15 is 0 Å². The van der Waals surface area contributed by atoms with Gasteiger partial charge in [-0.3, -0.25) is 4.79 Å². The highest BCUT2D eigenvalue weighted by atomic mass is 35.5. The summed E-state index contributed by atoms with van der Waals surface area (Å²) in [4.78, 5) is 17.7. The Hall–Kier alpha value is -2.08. The maximum atomic E-state index is 12.7. The summed E-state index contributed by atoms with van der Waals surface area (Å²) in [6.45, 7) is 3.04. The van der Waals surface area contributed by atoms with Crippen LogP contribution in [0.1, 0.15) is 27.7 Å². The third-order valence-electron chi connectivity index (χ3n) is 3.63. The zero-order chi connectivity index (χ0) is 18.5. The molecule has 3 aromatic rings. The van der Waals surface area contributed by atoms with Gasteiger partial charge in [-0.15, -0.1) is 11.3 Å². The van der Waals surface area contributed by atoms with Crippen molar-refractivity contribution < 1.29 is 9.53 Å². The van der Waals surface area contributed by atoms with Crippen molar-refractivity contribution in [2.75, 3.05) is 11.9 Å². The summed E-state index contributed by atoms with van der Waals surface area (Å²) in [7, 11) is 0. The summed E-state index contributed by atoms with van der Waals surface area (Å²) in [6.07, 6.45) is 1.71. The SMILES string of the molecule is CCOc1ccc(C(=O)c2ccc(Cl)c(NCc3cnc(Cl)s3)c2)cc1. The number of ketones is 1. The highest BCUT2D eigenvalue weighted by Crippen LogP contribution is 2.26. The minimum Gasteiger partial charge on any atom is -0.494 e. The number of anilines is 1. The summed E-state index contributed by atoms with van der Waals surface area (Å²) >= 11 is 13.5. The average Bonchev–Trinajstić information content (AvgIpc) is 3.07. The number of rotatable bonds is 7. The van der Waals surface area contributed by atoms with Crippen LogP contribution in [-0.2, 0) is 6.54 Å². The molecule has 0 unspecified atom stereocenters. The standard InChI is InChI=1S/C19H16Cl2N2O2S/c1-2-25-14-6-3-12(4-7-14)18(24)13-5-8-16(20)17(9-13)22-10-15-11-23-19(21)26-15/h3-9,11,22H,2,10H2,1H3. The number of nitrogens with zero attached hydrogens (tertiary/aromatic N) is 1. The molecule has 0 bridgehead atoms. The van der Waals surface area contributed by atoms with Crippen molar-refractivity contribution >= 4 is 46.0 Å². The highest BCUT2D eigenvalue weighted by Gasteiger charge is 2.12. The second-order valence-electron chi connectivity index (χ2n) is 5.41. The van der Waals surface area contributed by atoms with Crippen LogP contribution in [0, 0.1) is 0 Å². The lowest BCUT2D eigenvalue weighted by Crippen LogP contribution is -2.04. The van der Waals surface area contributed by atoms with Crippen LogP contribution >= 0.6 is 34.5 Å². The molecule has 1 N–H and O–H groups in total. The van der Waals surface area contributed by atoms with E-state index < -0.39 is 0 Å². The minimum absolute atomic E-state index is 0.0754. The van der Waals surface area contributed by atoms with E-state index in [2.05, 4.69) is 10.3 Å². The first-order valence-electron chi connectivity index (χ1n) is 7.98. The zero-order valence-corrected chi connectivity index (χ0v) is 16.3. The van der Waals surface area contributed by atoms with Gasteiger partial charge in [0.25, 0.3) is 0 Å². The Bertz CT molecular complexity index is 910. The van der Waals surface area contributed by atoms with Crippen LogP contribution in [0.2, 0.25) is 9.49 Å². The van der Waals surface area contributed by atoms with E-state index in [1.807, 2.05) is 6.92 Å². The number of hydrogen-bond donors (Lipinski definition) is 1. The number of halogens is 2. The van der Waals surface area contributed by atoms with E-state index in [0.29, 0.717) is 39.5 Å². The van der Waals surface area contributed by atoms with Gasteiger partial charge in [-0.2, -0.15) is 0 Å². The number of carbonyl (C=O) groups excluding carboxylic acids is 1. The predicted octanol–water partition coefficient (Wildman–Crippen LogP) is 5.69. The number of ether oxygens (including phenoxy) is 1. The lowest BCUT2D eigenvalue weighted by Gasteiger charge is -2.10. The van der Waals surface area contributed by atoms with Crippen LogP contribution in [0.3, 0.4) is 0 Å². The van der Waals surface area contributed by atoms with Crippen molar-refractivity contribution in [3.05, 3.63) is 74.2 Å². The fourth-order valence-corrected chi connectivity index (χ4v) is 3.49. The van der Waals surface area contributed by atoms with Gasteiger partial charge in [0.2, 0.25) is 0 Å². The third-order valence-corrected chi connectivity index (χ3v) is 5.08. The van der Waals surface area contributed by atoms with Crippen LogP contribution < -0.4 is 10.1 Å². The normalized spacial score (nSPS) is 10.6. The molecule has 4 nitrogen and oxygen atoms in total. The van der Waals surface area contributed by atoms with Gasteiger partial charge in [0, 0.05) is 22.2 Å². The number of hydrogen-bond acceptors (Lipinski definition) is 5. The topological polar surface area (TPSA) is 51.2 Å². The largest absolute Gasteiger partial charge is 0.494 e. The average molecular weight is 407 g/mol. The van der Waals surface area contributed by atoms with Crippen molar-refractivity contribution in [3.63, 3.8) is 0 Å². The summed E-state index contributed by atoms with van der Waals surface area (Å²) < 4.78 is 5.90. The van der Waals surface area contributed by atoms with E-state index in [-0.39, 0.29) is 5.78 Å². The van der Waals surface area contributed by atoms with Crippen LogP contribution in [0.25, 0.3) is 0 Å². The van der Waals surface area contributed by atoms with Gasteiger partial charge in [-0.1, -0.05) is 23.2 Å². The van der Waals surface area contributed by atoms with Crippen molar-refractivity contribution in [2.45, 2.75) is 13.5 Å². The Morgan fingerprint density at radius 3 is 2.54 bits per heavy atom. The molecule has 1 heterocycles. The molecule has 0 aliphatic heterocycles.